The van der Waals surface area contributed by atoms with Crippen molar-refractivity contribution in [1.29, 1.82) is 0 Å². The number of hydrogen-bond acceptors (Lipinski definition) is 3. The van der Waals surface area contributed by atoms with E-state index in [2.05, 4.69) is 0 Å². The summed E-state index contributed by atoms with van der Waals surface area (Å²) in [7, 11) is 1.73. The predicted molar refractivity (Wildman–Crippen MR) is 76.2 cm³/mol. The Balaban J connectivity index is 1.92. The molecule has 1 fully saturated rings. The minimum atomic E-state index is -0.469. The third-order valence-electron chi connectivity index (χ3n) is 4.31. The van der Waals surface area contributed by atoms with Crippen molar-refractivity contribution in [1.82, 2.24) is 0 Å². The van der Waals surface area contributed by atoms with Crippen LogP contribution in [0.5, 0.6) is 5.75 Å². The predicted octanol–water partition coefficient (Wildman–Crippen LogP) is 2.80. The number of hydrogen-bond donors (Lipinski definition) is 0. The summed E-state index contributed by atoms with van der Waals surface area (Å²) in [6, 6.07) is 5.41. The van der Waals surface area contributed by atoms with E-state index in [-0.39, 0.29) is 17.6 Å². The molecule has 1 amide bonds. The van der Waals surface area contributed by atoms with E-state index in [1.165, 1.54) is 0 Å². The van der Waals surface area contributed by atoms with Crippen LogP contribution in [-0.4, -0.2) is 24.8 Å². The monoisotopic (exact) mass is 273 g/mol. The van der Waals surface area contributed by atoms with Gasteiger partial charge in [0, 0.05) is 18.5 Å². The lowest BCUT2D eigenvalue weighted by Gasteiger charge is -2.30. The van der Waals surface area contributed by atoms with Gasteiger partial charge in [0.25, 0.3) is 5.91 Å². The highest BCUT2D eigenvalue weighted by Gasteiger charge is 2.30. The fourth-order valence-corrected chi connectivity index (χ4v) is 3.09. The minimum absolute atomic E-state index is 0.0806. The van der Waals surface area contributed by atoms with E-state index < -0.39 is 6.10 Å². The number of carbonyl (C=O) groups is 2. The second-order valence-corrected chi connectivity index (χ2v) is 5.69. The molecule has 0 aromatic heterocycles. The summed E-state index contributed by atoms with van der Waals surface area (Å²) in [6.45, 7) is 1.74. The van der Waals surface area contributed by atoms with Gasteiger partial charge in [-0.05, 0) is 38.0 Å². The number of fused-ring (bicyclic) bond motifs is 1. The zero-order chi connectivity index (χ0) is 14.3. The quantitative estimate of drug-likeness (QED) is 0.778. The van der Waals surface area contributed by atoms with Gasteiger partial charge in [-0.15, -0.1) is 0 Å². The van der Waals surface area contributed by atoms with E-state index in [1.807, 2.05) is 6.07 Å². The van der Waals surface area contributed by atoms with Crippen LogP contribution in [0.3, 0.4) is 0 Å². The highest BCUT2D eigenvalue weighted by Crippen LogP contribution is 2.36. The summed E-state index contributed by atoms with van der Waals surface area (Å²) < 4.78 is 5.57. The zero-order valence-corrected chi connectivity index (χ0v) is 11.9. The second kappa shape index (κ2) is 4.93. The molecule has 0 saturated heterocycles. The van der Waals surface area contributed by atoms with Crippen LogP contribution in [0, 0.1) is 5.92 Å². The Morgan fingerprint density at radius 2 is 2.00 bits per heavy atom. The van der Waals surface area contributed by atoms with Crippen LogP contribution in [0.2, 0.25) is 0 Å². The largest absolute Gasteiger partial charge is 0.479 e. The molecule has 1 aliphatic heterocycles. The number of ether oxygens (including phenoxy) is 1. The van der Waals surface area contributed by atoms with Crippen LogP contribution in [0.4, 0.5) is 5.69 Å². The first-order valence-corrected chi connectivity index (χ1v) is 7.20. The summed E-state index contributed by atoms with van der Waals surface area (Å²) >= 11 is 0. The topological polar surface area (TPSA) is 46.6 Å². The molecule has 4 nitrogen and oxygen atoms in total. The molecule has 0 spiro atoms. The van der Waals surface area contributed by atoms with Crippen LogP contribution in [0.15, 0.2) is 18.2 Å². The first kappa shape index (κ1) is 13.2. The molecule has 0 N–H and O–H groups in total. The normalized spacial score (nSPS) is 22.6. The van der Waals surface area contributed by atoms with Gasteiger partial charge >= 0.3 is 0 Å². The number of anilines is 1. The first-order valence-electron chi connectivity index (χ1n) is 7.20. The van der Waals surface area contributed by atoms with E-state index in [4.69, 9.17) is 4.74 Å². The summed E-state index contributed by atoms with van der Waals surface area (Å²) in [5.41, 5.74) is 1.38. The number of benzene rings is 1. The molecule has 1 saturated carbocycles. The molecule has 3 rings (SSSR count). The van der Waals surface area contributed by atoms with Gasteiger partial charge in [-0.2, -0.15) is 0 Å². The van der Waals surface area contributed by atoms with Crippen molar-refractivity contribution in [2.24, 2.45) is 5.92 Å². The fourth-order valence-electron chi connectivity index (χ4n) is 3.09. The Morgan fingerprint density at radius 3 is 2.70 bits per heavy atom. The summed E-state index contributed by atoms with van der Waals surface area (Å²) in [5, 5.41) is 0. The van der Waals surface area contributed by atoms with E-state index in [0.29, 0.717) is 17.0 Å². The van der Waals surface area contributed by atoms with E-state index >= 15 is 0 Å². The maximum Gasteiger partial charge on any atom is 0.267 e. The second-order valence-electron chi connectivity index (χ2n) is 5.69. The van der Waals surface area contributed by atoms with Crippen molar-refractivity contribution >= 4 is 17.4 Å². The van der Waals surface area contributed by atoms with Crippen molar-refractivity contribution < 1.29 is 14.3 Å². The Labute approximate surface area is 118 Å². The van der Waals surface area contributed by atoms with Crippen LogP contribution in [0.25, 0.3) is 0 Å². The van der Waals surface area contributed by atoms with Gasteiger partial charge in [0.15, 0.2) is 11.9 Å². The Hall–Kier alpha value is -1.84. The van der Waals surface area contributed by atoms with Gasteiger partial charge in [-0.25, -0.2) is 0 Å². The average Bonchev–Trinajstić information content (AvgIpc) is 2.98. The number of Topliss-reactive ketones (excluding diaryl/α,β-unsaturated/α-hetero) is 1. The first-order chi connectivity index (χ1) is 9.58. The van der Waals surface area contributed by atoms with E-state index in [9.17, 15) is 9.59 Å². The molecule has 1 aliphatic carbocycles. The Morgan fingerprint density at radius 1 is 1.30 bits per heavy atom. The lowest BCUT2D eigenvalue weighted by atomic mass is 9.95. The van der Waals surface area contributed by atoms with Crippen molar-refractivity contribution in [3.8, 4) is 5.75 Å². The minimum Gasteiger partial charge on any atom is -0.479 e. The summed E-state index contributed by atoms with van der Waals surface area (Å²) in [6.07, 6.45) is 3.78. The SMILES string of the molecule is CC1Oc2ccc(C(=O)C3CCCC3)cc2N(C)C1=O. The van der Waals surface area contributed by atoms with E-state index in [0.717, 1.165) is 25.7 Å². The maximum absolute atomic E-state index is 12.4. The Bertz CT molecular complexity index is 561. The molecule has 1 unspecified atom stereocenters. The maximum atomic E-state index is 12.4. The molecule has 1 aromatic rings. The van der Waals surface area contributed by atoms with Gasteiger partial charge < -0.3 is 9.64 Å². The van der Waals surface area contributed by atoms with Crippen molar-refractivity contribution in [2.75, 3.05) is 11.9 Å². The molecule has 0 radical (unpaired) electrons. The van der Waals surface area contributed by atoms with Gasteiger partial charge in [-0.1, -0.05) is 12.8 Å². The number of ketones is 1. The molecule has 1 aromatic carbocycles. The highest BCUT2D eigenvalue weighted by atomic mass is 16.5. The molecule has 1 heterocycles. The zero-order valence-electron chi connectivity index (χ0n) is 11.9. The number of rotatable bonds is 2. The van der Waals surface area contributed by atoms with Crippen LogP contribution in [-0.2, 0) is 4.79 Å². The third-order valence-corrected chi connectivity index (χ3v) is 4.31. The number of nitrogens with zero attached hydrogens (tertiary/aromatic N) is 1. The van der Waals surface area contributed by atoms with Crippen molar-refractivity contribution in [3.63, 3.8) is 0 Å². The van der Waals surface area contributed by atoms with Gasteiger partial charge in [0.1, 0.15) is 5.75 Å². The lowest BCUT2D eigenvalue weighted by molar-refractivity contribution is -0.125. The summed E-state index contributed by atoms with van der Waals surface area (Å²) in [4.78, 5) is 26.0. The Kier molecular flexibility index (Phi) is 3.24. The van der Waals surface area contributed by atoms with Crippen LogP contribution in [0.1, 0.15) is 43.0 Å². The fraction of sp³-hybridized carbons (Fsp3) is 0.500. The van der Waals surface area contributed by atoms with Gasteiger partial charge in [0.2, 0.25) is 0 Å². The van der Waals surface area contributed by atoms with E-state index in [1.54, 1.807) is 31.0 Å². The lowest BCUT2D eigenvalue weighted by Crippen LogP contribution is -2.42. The number of carbonyl (C=O) groups excluding carboxylic acids is 2. The molecular formula is C16H19NO3. The van der Waals surface area contributed by atoms with Crippen molar-refractivity contribution in [2.45, 2.75) is 38.7 Å². The molecule has 4 heteroatoms. The number of likely N-dealkylation sites (N-methyl/N-ethyl adjacent to an activating group) is 1. The standard InChI is InChI=1S/C16H19NO3/c1-10-16(19)17(2)13-9-12(7-8-14(13)20-10)15(18)11-5-3-4-6-11/h7-11H,3-6H2,1-2H3. The number of amides is 1. The third kappa shape index (κ3) is 2.09. The van der Waals surface area contributed by atoms with Gasteiger partial charge in [-0.3, -0.25) is 9.59 Å². The molecule has 0 bridgehead atoms. The molecule has 106 valence electrons. The van der Waals surface area contributed by atoms with Crippen LogP contribution >= 0.6 is 0 Å². The molecule has 2 aliphatic rings. The molecule has 1 atom stereocenters. The average molecular weight is 273 g/mol. The van der Waals surface area contributed by atoms with Crippen LogP contribution < -0.4 is 9.64 Å². The smallest absolute Gasteiger partial charge is 0.267 e. The molecular weight excluding hydrogens is 254 g/mol. The summed E-state index contributed by atoms with van der Waals surface area (Å²) in [5.74, 6) is 0.938. The van der Waals surface area contributed by atoms with Gasteiger partial charge in [0.05, 0.1) is 5.69 Å². The molecule has 20 heavy (non-hydrogen) atoms. The highest BCUT2D eigenvalue weighted by molar-refractivity contribution is 6.03. The van der Waals surface area contributed by atoms with Crippen molar-refractivity contribution in [3.05, 3.63) is 23.8 Å².